The fourth-order valence-corrected chi connectivity index (χ4v) is 3.18. The molecule has 164 valence electrons. The molecule has 0 heterocycles. The Bertz CT molecular complexity index is 1350. The summed E-state index contributed by atoms with van der Waals surface area (Å²) in [6.45, 7) is 0. The minimum absolute atomic E-state index is 0.201. The highest BCUT2D eigenvalue weighted by molar-refractivity contribution is 7.86. The zero-order chi connectivity index (χ0) is 24.1. The minimum Gasteiger partial charge on any atom is -0.507 e. The molecule has 2 rings (SSSR count). The molecule has 0 amide bonds. The van der Waals surface area contributed by atoms with Crippen LogP contribution in [0, 0.1) is 22.7 Å². The molecule has 2 aromatic carbocycles. The van der Waals surface area contributed by atoms with Gasteiger partial charge < -0.3 is 10.2 Å². The van der Waals surface area contributed by atoms with Crippen LogP contribution in [0.5, 0.6) is 11.5 Å². The topological polar surface area (TPSA) is 221 Å². The number of benzene rings is 2. The number of rotatable bonds is 6. The standard InChI is InChI=1S/C18H12N4O8S2/c19-7-15(21-9-11-5-13(31(25,26)27)1-3-17(11)23)16(8-20)22-10-12-6-14(32(28,29)30)2-4-18(12)24/h1-6,9-10,23-24H,(H,25,26,27)(H,28,29,30)/b16-15+,21-9?,22-10?. The van der Waals surface area contributed by atoms with Crippen LogP contribution in [0.1, 0.15) is 11.1 Å². The third-order valence-corrected chi connectivity index (χ3v) is 5.39. The summed E-state index contributed by atoms with van der Waals surface area (Å²) in [6, 6.07) is 8.69. The van der Waals surface area contributed by atoms with Crippen molar-refractivity contribution in [3.63, 3.8) is 0 Å². The lowest BCUT2D eigenvalue weighted by atomic mass is 10.2. The predicted octanol–water partition coefficient (Wildman–Crippen LogP) is 1.39. The van der Waals surface area contributed by atoms with Crippen molar-refractivity contribution in [3.05, 3.63) is 58.9 Å². The number of hydrogen-bond acceptors (Lipinski definition) is 10. The summed E-state index contributed by atoms with van der Waals surface area (Å²) in [5.74, 6) is -0.875. The molecule has 0 aromatic heterocycles. The van der Waals surface area contributed by atoms with Gasteiger partial charge in [-0.25, -0.2) is 9.98 Å². The lowest BCUT2D eigenvalue weighted by Crippen LogP contribution is -1.99. The van der Waals surface area contributed by atoms with Crippen LogP contribution in [0.3, 0.4) is 0 Å². The molecule has 2 aromatic rings. The predicted molar refractivity (Wildman–Crippen MR) is 109 cm³/mol. The van der Waals surface area contributed by atoms with E-state index in [2.05, 4.69) is 9.98 Å². The normalized spacial score (nSPS) is 13.0. The number of hydrogen-bond donors (Lipinski definition) is 4. The number of nitriles is 2. The maximum atomic E-state index is 11.2. The van der Waals surface area contributed by atoms with Crippen molar-refractivity contribution in [1.82, 2.24) is 0 Å². The quantitative estimate of drug-likeness (QED) is 0.266. The molecule has 0 aliphatic carbocycles. The Hall–Kier alpha value is -4.08. The zero-order valence-corrected chi connectivity index (χ0v) is 17.3. The number of aliphatic imine (C=N–C) groups is 2. The molecule has 0 unspecified atom stereocenters. The van der Waals surface area contributed by atoms with Gasteiger partial charge in [0.15, 0.2) is 11.4 Å². The van der Waals surface area contributed by atoms with E-state index >= 15 is 0 Å². The maximum absolute atomic E-state index is 11.2. The van der Waals surface area contributed by atoms with Gasteiger partial charge >= 0.3 is 0 Å². The second kappa shape index (κ2) is 9.38. The zero-order valence-electron chi connectivity index (χ0n) is 15.6. The number of nitrogens with zero attached hydrogens (tertiary/aromatic N) is 4. The lowest BCUT2D eigenvalue weighted by Gasteiger charge is -2.02. The smallest absolute Gasteiger partial charge is 0.294 e. The average Bonchev–Trinajstić information content (AvgIpc) is 2.70. The van der Waals surface area contributed by atoms with Crippen LogP contribution < -0.4 is 0 Å². The van der Waals surface area contributed by atoms with Gasteiger partial charge in [0.25, 0.3) is 20.2 Å². The molecule has 4 N–H and O–H groups in total. The molecule has 0 spiro atoms. The highest BCUT2D eigenvalue weighted by atomic mass is 32.2. The Labute approximate surface area is 181 Å². The SMILES string of the molecule is N#C/C(N=Cc1cc(S(=O)(=O)O)ccc1O)=C(/C#N)N=Cc1cc(S(=O)(=O)O)ccc1O. The van der Waals surface area contributed by atoms with Gasteiger partial charge in [0, 0.05) is 23.6 Å². The Morgan fingerprint density at radius 1 is 0.750 bits per heavy atom. The van der Waals surface area contributed by atoms with Crippen molar-refractivity contribution < 1.29 is 36.2 Å². The lowest BCUT2D eigenvalue weighted by molar-refractivity contribution is 0.470. The van der Waals surface area contributed by atoms with Gasteiger partial charge in [0.1, 0.15) is 23.6 Å². The molecule has 0 bridgehead atoms. The number of phenolic OH excluding ortho intramolecular Hbond substituents is 2. The van der Waals surface area contributed by atoms with E-state index in [4.69, 9.17) is 9.11 Å². The van der Waals surface area contributed by atoms with E-state index in [1.807, 2.05) is 0 Å². The van der Waals surface area contributed by atoms with Crippen LogP contribution in [0.25, 0.3) is 0 Å². The van der Waals surface area contributed by atoms with Crippen LogP contribution in [0.15, 0.2) is 67.6 Å². The minimum atomic E-state index is -4.57. The van der Waals surface area contributed by atoms with E-state index in [1.54, 1.807) is 12.1 Å². The van der Waals surface area contributed by atoms with Gasteiger partial charge in [-0.3, -0.25) is 9.11 Å². The molecule has 0 radical (unpaired) electrons. The van der Waals surface area contributed by atoms with Gasteiger partial charge in [-0.15, -0.1) is 0 Å². The first-order valence-corrected chi connectivity index (χ1v) is 11.0. The van der Waals surface area contributed by atoms with Gasteiger partial charge in [-0.2, -0.15) is 27.4 Å². The molecular formula is C18H12N4O8S2. The fourth-order valence-electron chi connectivity index (χ4n) is 2.15. The first-order chi connectivity index (χ1) is 14.9. The highest BCUT2D eigenvalue weighted by Gasteiger charge is 2.13. The van der Waals surface area contributed by atoms with Gasteiger partial charge in [-0.05, 0) is 36.4 Å². The summed E-state index contributed by atoms with van der Waals surface area (Å²) >= 11 is 0. The third kappa shape index (κ3) is 5.97. The van der Waals surface area contributed by atoms with Crippen molar-refractivity contribution in [2.24, 2.45) is 9.98 Å². The molecule has 0 saturated heterocycles. The molecule has 14 heteroatoms. The third-order valence-electron chi connectivity index (χ3n) is 3.70. The Balaban J connectivity index is 2.49. The number of aromatic hydroxyl groups is 2. The second-order valence-corrected chi connectivity index (χ2v) is 8.67. The monoisotopic (exact) mass is 476 g/mol. The molecule has 32 heavy (non-hydrogen) atoms. The summed E-state index contributed by atoms with van der Waals surface area (Å²) in [5, 5.41) is 38.1. The van der Waals surface area contributed by atoms with Gasteiger partial charge in [0.05, 0.1) is 9.79 Å². The Morgan fingerprint density at radius 3 is 1.38 bits per heavy atom. The molecule has 0 atom stereocenters. The van der Waals surface area contributed by atoms with Crippen LogP contribution in [-0.4, -0.2) is 48.6 Å². The van der Waals surface area contributed by atoms with Gasteiger partial charge in [0.2, 0.25) is 0 Å². The highest BCUT2D eigenvalue weighted by Crippen LogP contribution is 2.22. The van der Waals surface area contributed by atoms with Crippen LogP contribution in [-0.2, 0) is 20.2 Å². The summed E-state index contributed by atoms with van der Waals surface area (Å²) in [6.07, 6.45) is 1.71. The number of phenols is 2. The first-order valence-electron chi connectivity index (χ1n) is 8.10. The summed E-state index contributed by atoms with van der Waals surface area (Å²) in [4.78, 5) is 6.26. The first kappa shape index (κ1) is 24.2. The molecule has 12 nitrogen and oxygen atoms in total. The molecular weight excluding hydrogens is 464 g/mol. The van der Waals surface area contributed by atoms with Crippen molar-refractivity contribution in [2.75, 3.05) is 0 Å². The molecule has 0 saturated carbocycles. The average molecular weight is 476 g/mol. The van der Waals surface area contributed by atoms with E-state index in [1.165, 1.54) is 0 Å². The van der Waals surface area contributed by atoms with Gasteiger partial charge in [-0.1, -0.05) is 0 Å². The van der Waals surface area contributed by atoms with Crippen LogP contribution in [0.2, 0.25) is 0 Å². The molecule has 0 fully saturated rings. The maximum Gasteiger partial charge on any atom is 0.294 e. The van der Waals surface area contributed by atoms with E-state index in [-0.39, 0.29) is 11.1 Å². The fraction of sp³-hybridized carbons (Fsp3) is 0. The molecule has 0 aliphatic heterocycles. The van der Waals surface area contributed by atoms with Crippen molar-refractivity contribution in [1.29, 1.82) is 10.5 Å². The van der Waals surface area contributed by atoms with E-state index in [9.17, 15) is 37.6 Å². The number of allylic oxidation sites excluding steroid dienone is 2. The van der Waals surface area contributed by atoms with E-state index in [0.717, 1.165) is 48.8 Å². The van der Waals surface area contributed by atoms with E-state index in [0.29, 0.717) is 0 Å². The summed E-state index contributed by atoms with van der Waals surface area (Å²) in [5.41, 5.74) is -1.56. The summed E-state index contributed by atoms with van der Waals surface area (Å²) in [7, 11) is -9.15. The van der Waals surface area contributed by atoms with Crippen molar-refractivity contribution >= 4 is 32.7 Å². The van der Waals surface area contributed by atoms with E-state index < -0.39 is 52.9 Å². The second-order valence-electron chi connectivity index (χ2n) is 5.83. The van der Waals surface area contributed by atoms with Crippen molar-refractivity contribution in [2.45, 2.75) is 9.79 Å². The van der Waals surface area contributed by atoms with Crippen molar-refractivity contribution in [3.8, 4) is 23.6 Å². The Kier molecular flexibility index (Phi) is 7.09. The van der Waals surface area contributed by atoms with Crippen LogP contribution in [0.4, 0.5) is 0 Å². The van der Waals surface area contributed by atoms with Crippen LogP contribution >= 0.6 is 0 Å². The largest absolute Gasteiger partial charge is 0.507 e. The molecule has 0 aliphatic rings. The summed E-state index contributed by atoms with van der Waals surface area (Å²) < 4.78 is 63.0. The Morgan fingerprint density at radius 2 is 1.09 bits per heavy atom.